The Balaban J connectivity index is 2.06. The maximum absolute atomic E-state index is 4.25. The van der Waals surface area contributed by atoms with Crippen LogP contribution >= 0.6 is 0 Å². The highest BCUT2D eigenvalue weighted by molar-refractivity contribution is 5.48. The zero-order valence-electron chi connectivity index (χ0n) is 11.6. The quantitative estimate of drug-likeness (QED) is 0.860. The van der Waals surface area contributed by atoms with Crippen LogP contribution < -0.4 is 10.6 Å². The minimum atomic E-state index is 0.211. The Kier molecular flexibility index (Phi) is 4.34. The van der Waals surface area contributed by atoms with Crippen LogP contribution in [0, 0.1) is 0 Å². The fourth-order valence-electron chi connectivity index (χ4n) is 1.86. The van der Waals surface area contributed by atoms with Crippen molar-refractivity contribution in [3.05, 3.63) is 48.3 Å². The van der Waals surface area contributed by atoms with Gasteiger partial charge in [0.1, 0.15) is 18.0 Å². The Hall–Kier alpha value is -2.10. The number of hydrogen-bond acceptors (Lipinski definition) is 4. The second-order valence-corrected chi connectivity index (χ2v) is 4.86. The van der Waals surface area contributed by atoms with E-state index < -0.39 is 0 Å². The van der Waals surface area contributed by atoms with Crippen molar-refractivity contribution in [2.45, 2.75) is 32.9 Å². The van der Waals surface area contributed by atoms with Gasteiger partial charge in [0.15, 0.2) is 0 Å². The third kappa shape index (κ3) is 3.95. The summed E-state index contributed by atoms with van der Waals surface area (Å²) in [5, 5.41) is 6.65. The van der Waals surface area contributed by atoms with Gasteiger partial charge in [0.2, 0.25) is 0 Å². The van der Waals surface area contributed by atoms with E-state index in [1.54, 1.807) is 6.33 Å². The maximum Gasteiger partial charge on any atom is 0.131 e. The summed E-state index contributed by atoms with van der Waals surface area (Å²) in [5.41, 5.74) is 1.24. The first-order chi connectivity index (χ1) is 9.15. The largest absolute Gasteiger partial charge is 0.368 e. The van der Waals surface area contributed by atoms with E-state index in [0.717, 1.165) is 11.6 Å². The highest BCUT2D eigenvalue weighted by atomic mass is 15.1. The molecule has 0 amide bonds. The summed E-state index contributed by atoms with van der Waals surface area (Å²) in [6.45, 7) is 6.29. The van der Waals surface area contributed by atoms with Crippen molar-refractivity contribution < 1.29 is 0 Å². The van der Waals surface area contributed by atoms with Gasteiger partial charge in [-0.3, -0.25) is 0 Å². The van der Waals surface area contributed by atoms with E-state index >= 15 is 0 Å². The van der Waals surface area contributed by atoms with Crippen LogP contribution in [0.1, 0.15) is 32.4 Å². The topological polar surface area (TPSA) is 49.8 Å². The van der Waals surface area contributed by atoms with E-state index in [-0.39, 0.29) is 6.04 Å². The van der Waals surface area contributed by atoms with Gasteiger partial charge in [-0.1, -0.05) is 30.3 Å². The predicted octanol–water partition coefficient (Wildman–Crippen LogP) is 3.47. The first-order valence-electron chi connectivity index (χ1n) is 6.55. The van der Waals surface area contributed by atoms with Gasteiger partial charge >= 0.3 is 0 Å². The second kappa shape index (κ2) is 6.18. The van der Waals surface area contributed by atoms with Crippen LogP contribution in [-0.4, -0.2) is 16.0 Å². The summed E-state index contributed by atoms with van der Waals surface area (Å²) in [4.78, 5) is 8.45. The number of anilines is 2. The number of nitrogens with one attached hydrogen (secondary N) is 2. The summed E-state index contributed by atoms with van der Waals surface area (Å²) >= 11 is 0. The predicted molar refractivity (Wildman–Crippen MR) is 79.3 cm³/mol. The normalized spacial score (nSPS) is 12.2. The standard InChI is InChI=1S/C15H20N4/c1-11(2)18-14-9-15(17-10-16-14)19-12(3)13-7-5-4-6-8-13/h4-12H,1-3H3,(H2,16,17,18,19). The number of rotatable bonds is 5. The van der Waals surface area contributed by atoms with Crippen molar-refractivity contribution in [2.24, 2.45) is 0 Å². The molecule has 0 bridgehead atoms. The summed E-state index contributed by atoms with van der Waals surface area (Å²) in [6, 6.07) is 12.8. The molecule has 1 heterocycles. The molecule has 0 saturated carbocycles. The summed E-state index contributed by atoms with van der Waals surface area (Å²) in [5.74, 6) is 1.67. The number of hydrogen-bond donors (Lipinski definition) is 2. The van der Waals surface area contributed by atoms with Crippen molar-refractivity contribution in [2.75, 3.05) is 10.6 Å². The fraction of sp³-hybridized carbons (Fsp3) is 0.333. The highest BCUT2D eigenvalue weighted by Gasteiger charge is 2.06. The van der Waals surface area contributed by atoms with Gasteiger partial charge in [-0.25, -0.2) is 9.97 Å². The SMILES string of the molecule is CC(C)Nc1cc(NC(C)c2ccccc2)ncn1. The molecule has 2 N–H and O–H groups in total. The first-order valence-corrected chi connectivity index (χ1v) is 6.55. The molecule has 4 heteroatoms. The third-order valence-electron chi connectivity index (χ3n) is 2.77. The maximum atomic E-state index is 4.25. The molecule has 0 spiro atoms. The lowest BCUT2D eigenvalue weighted by atomic mass is 10.1. The van der Waals surface area contributed by atoms with Gasteiger partial charge in [0, 0.05) is 18.2 Å². The van der Waals surface area contributed by atoms with Crippen LogP contribution in [0.4, 0.5) is 11.6 Å². The van der Waals surface area contributed by atoms with Crippen LogP contribution in [-0.2, 0) is 0 Å². The average molecular weight is 256 g/mol. The minimum absolute atomic E-state index is 0.211. The minimum Gasteiger partial charge on any atom is -0.368 e. The number of aromatic nitrogens is 2. The molecular weight excluding hydrogens is 236 g/mol. The smallest absolute Gasteiger partial charge is 0.131 e. The average Bonchev–Trinajstić information content (AvgIpc) is 2.39. The van der Waals surface area contributed by atoms with E-state index in [9.17, 15) is 0 Å². The lowest BCUT2D eigenvalue weighted by molar-refractivity contribution is 0.864. The van der Waals surface area contributed by atoms with Crippen LogP contribution in [0.3, 0.4) is 0 Å². The monoisotopic (exact) mass is 256 g/mol. The molecule has 0 fully saturated rings. The van der Waals surface area contributed by atoms with Crippen molar-refractivity contribution in [3.63, 3.8) is 0 Å². The molecule has 0 saturated heterocycles. The van der Waals surface area contributed by atoms with Crippen LogP contribution in [0.2, 0.25) is 0 Å². The molecule has 0 aliphatic rings. The van der Waals surface area contributed by atoms with E-state index in [0.29, 0.717) is 6.04 Å². The summed E-state index contributed by atoms with van der Waals surface area (Å²) < 4.78 is 0. The molecule has 100 valence electrons. The first kappa shape index (κ1) is 13.3. The summed E-state index contributed by atoms with van der Waals surface area (Å²) in [7, 11) is 0. The van der Waals surface area contributed by atoms with Crippen molar-refractivity contribution in [3.8, 4) is 0 Å². The van der Waals surface area contributed by atoms with Crippen molar-refractivity contribution in [1.29, 1.82) is 0 Å². The molecule has 1 atom stereocenters. The van der Waals surface area contributed by atoms with E-state index in [1.165, 1.54) is 5.56 Å². The van der Waals surface area contributed by atoms with Gasteiger partial charge in [-0.05, 0) is 26.3 Å². The zero-order valence-corrected chi connectivity index (χ0v) is 11.6. The Labute approximate surface area is 114 Å². The Morgan fingerprint density at radius 2 is 1.53 bits per heavy atom. The van der Waals surface area contributed by atoms with Crippen LogP contribution in [0.5, 0.6) is 0 Å². The van der Waals surface area contributed by atoms with Crippen LogP contribution in [0.25, 0.3) is 0 Å². The van der Waals surface area contributed by atoms with Gasteiger partial charge in [-0.2, -0.15) is 0 Å². The molecule has 19 heavy (non-hydrogen) atoms. The molecule has 2 aromatic rings. The molecule has 0 aliphatic carbocycles. The molecule has 1 aromatic carbocycles. The molecule has 1 aromatic heterocycles. The zero-order chi connectivity index (χ0) is 13.7. The van der Waals surface area contributed by atoms with Crippen molar-refractivity contribution >= 4 is 11.6 Å². The Bertz CT molecular complexity index is 511. The third-order valence-corrected chi connectivity index (χ3v) is 2.77. The lowest BCUT2D eigenvalue weighted by Gasteiger charge is -2.16. The van der Waals surface area contributed by atoms with Crippen LogP contribution in [0.15, 0.2) is 42.7 Å². The van der Waals surface area contributed by atoms with E-state index in [1.807, 2.05) is 24.3 Å². The molecule has 0 radical (unpaired) electrons. The van der Waals surface area contributed by atoms with Crippen molar-refractivity contribution in [1.82, 2.24) is 9.97 Å². The molecular formula is C15H20N4. The van der Waals surface area contributed by atoms with Gasteiger partial charge in [0.05, 0.1) is 0 Å². The lowest BCUT2D eigenvalue weighted by Crippen LogP contribution is -2.12. The molecule has 4 nitrogen and oxygen atoms in total. The van der Waals surface area contributed by atoms with E-state index in [2.05, 4.69) is 53.5 Å². The molecule has 1 unspecified atom stereocenters. The summed E-state index contributed by atoms with van der Waals surface area (Å²) in [6.07, 6.45) is 1.57. The fourth-order valence-corrected chi connectivity index (χ4v) is 1.86. The molecule has 0 aliphatic heterocycles. The highest BCUT2D eigenvalue weighted by Crippen LogP contribution is 2.18. The van der Waals surface area contributed by atoms with Gasteiger partial charge in [-0.15, -0.1) is 0 Å². The van der Waals surface area contributed by atoms with Gasteiger partial charge in [0.25, 0.3) is 0 Å². The number of nitrogens with zero attached hydrogens (tertiary/aromatic N) is 2. The van der Waals surface area contributed by atoms with Gasteiger partial charge < -0.3 is 10.6 Å². The number of benzene rings is 1. The second-order valence-electron chi connectivity index (χ2n) is 4.86. The Morgan fingerprint density at radius 3 is 2.16 bits per heavy atom. The Morgan fingerprint density at radius 1 is 0.895 bits per heavy atom. The molecule has 2 rings (SSSR count). The van der Waals surface area contributed by atoms with E-state index in [4.69, 9.17) is 0 Å².